The Morgan fingerprint density at radius 1 is 1.43 bits per heavy atom. The third-order valence-corrected chi connectivity index (χ3v) is 6.08. The van der Waals surface area contributed by atoms with E-state index in [-0.39, 0.29) is 0 Å². The molecule has 1 aliphatic carbocycles. The lowest BCUT2D eigenvalue weighted by atomic mass is 10.4. The molecule has 0 amide bonds. The van der Waals surface area contributed by atoms with Crippen molar-refractivity contribution in [1.29, 1.82) is 0 Å². The predicted octanol–water partition coefficient (Wildman–Crippen LogP) is 1.62. The first-order valence-corrected chi connectivity index (χ1v) is 9.75. The van der Waals surface area contributed by atoms with Crippen molar-refractivity contribution in [3.05, 3.63) is 16.3 Å². The van der Waals surface area contributed by atoms with Crippen LogP contribution in [-0.2, 0) is 16.6 Å². The van der Waals surface area contributed by atoms with Crippen LogP contribution >= 0.6 is 11.3 Å². The Kier molecular flexibility index (Phi) is 5.79. The molecule has 2 N–H and O–H groups in total. The molecular formula is C14H25N3O2S2. The summed E-state index contributed by atoms with van der Waals surface area (Å²) >= 11 is 1.48. The second kappa shape index (κ2) is 7.19. The van der Waals surface area contributed by atoms with Crippen LogP contribution in [-0.4, -0.2) is 45.5 Å². The first-order valence-electron chi connectivity index (χ1n) is 7.39. The molecule has 1 heterocycles. The Bertz CT molecular complexity index is 550. The first kappa shape index (κ1) is 16.9. The van der Waals surface area contributed by atoms with Crippen molar-refractivity contribution >= 4 is 21.4 Å². The minimum absolute atomic E-state index is 0.377. The molecule has 2 rings (SSSR count). The number of likely N-dealkylation sites (N-methyl/N-ethyl adjacent to an activating group) is 1. The first-order chi connectivity index (χ1) is 9.88. The minimum atomic E-state index is -3.37. The minimum Gasteiger partial charge on any atom is -0.310 e. The SMILES string of the molecule is CC(C)NCc1cc(S(=O)(=O)NCCN(C)C2CC2)cs1. The molecule has 0 bridgehead atoms. The summed E-state index contributed by atoms with van der Waals surface area (Å²) in [6, 6.07) is 2.81. The summed E-state index contributed by atoms with van der Waals surface area (Å²) in [6.45, 7) is 6.08. The number of rotatable bonds is 9. The van der Waals surface area contributed by atoms with Crippen molar-refractivity contribution in [2.75, 3.05) is 20.1 Å². The molecule has 1 aliphatic rings. The van der Waals surface area contributed by atoms with Gasteiger partial charge in [0.2, 0.25) is 10.0 Å². The second-order valence-electron chi connectivity index (χ2n) is 5.89. The average molecular weight is 332 g/mol. The van der Waals surface area contributed by atoms with Crippen LogP contribution in [0.1, 0.15) is 31.6 Å². The van der Waals surface area contributed by atoms with Gasteiger partial charge in [-0.15, -0.1) is 11.3 Å². The van der Waals surface area contributed by atoms with E-state index < -0.39 is 10.0 Å². The third-order valence-electron chi connectivity index (χ3n) is 3.55. The summed E-state index contributed by atoms with van der Waals surface area (Å²) in [5, 5.41) is 5.01. The zero-order valence-corrected chi connectivity index (χ0v) is 14.6. The van der Waals surface area contributed by atoms with Gasteiger partial charge >= 0.3 is 0 Å². The lowest BCUT2D eigenvalue weighted by Crippen LogP contribution is -2.33. The molecule has 0 saturated heterocycles. The van der Waals surface area contributed by atoms with Crippen molar-refractivity contribution in [2.45, 2.75) is 50.2 Å². The number of nitrogens with one attached hydrogen (secondary N) is 2. The van der Waals surface area contributed by atoms with Crippen LogP contribution in [0.15, 0.2) is 16.3 Å². The van der Waals surface area contributed by atoms with Gasteiger partial charge in [0.15, 0.2) is 0 Å². The molecule has 0 aliphatic heterocycles. The molecule has 0 radical (unpaired) electrons. The normalized spacial score (nSPS) is 16.0. The molecule has 0 atom stereocenters. The van der Waals surface area contributed by atoms with Gasteiger partial charge < -0.3 is 10.2 Å². The highest BCUT2D eigenvalue weighted by atomic mass is 32.2. The topological polar surface area (TPSA) is 61.4 Å². The summed E-state index contributed by atoms with van der Waals surface area (Å²) in [6.07, 6.45) is 2.47. The predicted molar refractivity (Wildman–Crippen MR) is 87.1 cm³/mol. The fraction of sp³-hybridized carbons (Fsp3) is 0.714. The van der Waals surface area contributed by atoms with E-state index in [1.165, 1.54) is 24.2 Å². The third kappa shape index (κ3) is 5.34. The standard InChI is InChI=1S/C14H25N3O2S2/c1-11(2)15-9-13-8-14(10-20-13)21(18,19)16-6-7-17(3)12-4-5-12/h8,10-12,15-16H,4-7,9H2,1-3H3. The van der Waals surface area contributed by atoms with Crippen molar-refractivity contribution in [1.82, 2.24) is 14.9 Å². The van der Waals surface area contributed by atoms with Gasteiger partial charge in [-0.2, -0.15) is 0 Å². The van der Waals surface area contributed by atoms with E-state index in [1.54, 1.807) is 11.4 Å². The summed E-state index contributed by atoms with van der Waals surface area (Å²) in [5.74, 6) is 0. The van der Waals surface area contributed by atoms with Crippen LogP contribution < -0.4 is 10.0 Å². The maximum absolute atomic E-state index is 12.2. The van der Waals surface area contributed by atoms with Crippen molar-refractivity contribution in [2.24, 2.45) is 0 Å². The fourth-order valence-corrected chi connectivity index (χ4v) is 4.28. The molecule has 1 aromatic heterocycles. The van der Waals surface area contributed by atoms with Gasteiger partial charge in [0.05, 0.1) is 4.90 Å². The Morgan fingerprint density at radius 3 is 2.76 bits per heavy atom. The van der Waals surface area contributed by atoms with Crippen molar-refractivity contribution in [3.63, 3.8) is 0 Å². The number of sulfonamides is 1. The van der Waals surface area contributed by atoms with E-state index in [2.05, 4.69) is 28.8 Å². The quantitative estimate of drug-likeness (QED) is 0.722. The highest BCUT2D eigenvalue weighted by Crippen LogP contribution is 2.24. The summed E-state index contributed by atoms with van der Waals surface area (Å²) in [7, 11) is -1.33. The molecule has 1 aromatic rings. The average Bonchev–Trinajstić information content (AvgIpc) is 3.14. The van der Waals surface area contributed by atoms with Gasteiger partial charge in [0.25, 0.3) is 0 Å². The monoisotopic (exact) mass is 331 g/mol. The number of nitrogens with zero attached hydrogens (tertiary/aromatic N) is 1. The van der Waals surface area contributed by atoms with E-state index in [4.69, 9.17) is 0 Å². The van der Waals surface area contributed by atoms with E-state index >= 15 is 0 Å². The van der Waals surface area contributed by atoms with Gasteiger partial charge in [-0.25, -0.2) is 13.1 Å². The largest absolute Gasteiger partial charge is 0.310 e. The second-order valence-corrected chi connectivity index (χ2v) is 8.66. The van der Waals surface area contributed by atoms with Crippen molar-refractivity contribution < 1.29 is 8.42 Å². The molecule has 1 saturated carbocycles. The van der Waals surface area contributed by atoms with Gasteiger partial charge in [-0.3, -0.25) is 0 Å². The lowest BCUT2D eigenvalue weighted by molar-refractivity contribution is 0.329. The lowest BCUT2D eigenvalue weighted by Gasteiger charge is -2.15. The molecule has 0 unspecified atom stereocenters. The number of thiophene rings is 1. The van der Waals surface area contributed by atoms with Crippen molar-refractivity contribution in [3.8, 4) is 0 Å². The summed E-state index contributed by atoms with van der Waals surface area (Å²) < 4.78 is 27.1. The van der Waals surface area contributed by atoms with Crippen LogP contribution in [0.25, 0.3) is 0 Å². The van der Waals surface area contributed by atoms with E-state index in [9.17, 15) is 8.42 Å². The molecule has 5 nitrogen and oxygen atoms in total. The Balaban J connectivity index is 1.83. The fourth-order valence-electron chi connectivity index (χ4n) is 2.04. The van der Waals surface area contributed by atoms with Gasteiger partial charge in [-0.1, -0.05) is 13.8 Å². The smallest absolute Gasteiger partial charge is 0.241 e. The maximum Gasteiger partial charge on any atom is 0.241 e. The zero-order chi connectivity index (χ0) is 15.5. The molecule has 0 aromatic carbocycles. The molecule has 1 fully saturated rings. The highest BCUT2D eigenvalue weighted by Gasteiger charge is 2.26. The van der Waals surface area contributed by atoms with Crippen LogP contribution in [0.3, 0.4) is 0 Å². The summed E-state index contributed by atoms with van der Waals surface area (Å²) in [4.78, 5) is 3.63. The van der Waals surface area contributed by atoms with Crippen LogP contribution in [0, 0.1) is 0 Å². The number of hydrogen-bond donors (Lipinski definition) is 2. The van der Waals surface area contributed by atoms with Crippen LogP contribution in [0.5, 0.6) is 0 Å². The van der Waals surface area contributed by atoms with Crippen LogP contribution in [0.4, 0.5) is 0 Å². The highest BCUT2D eigenvalue weighted by molar-refractivity contribution is 7.89. The molecule has 21 heavy (non-hydrogen) atoms. The Morgan fingerprint density at radius 2 is 2.14 bits per heavy atom. The number of hydrogen-bond acceptors (Lipinski definition) is 5. The summed E-state index contributed by atoms with van der Waals surface area (Å²) in [5.41, 5.74) is 0. The molecular weight excluding hydrogens is 306 g/mol. The van der Waals surface area contributed by atoms with E-state index in [1.807, 2.05) is 7.05 Å². The van der Waals surface area contributed by atoms with Gasteiger partial charge in [0.1, 0.15) is 0 Å². The molecule has 7 heteroatoms. The molecule has 120 valence electrons. The zero-order valence-electron chi connectivity index (χ0n) is 12.9. The van der Waals surface area contributed by atoms with E-state index in [0.717, 1.165) is 11.4 Å². The Hall–Kier alpha value is -0.470. The van der Waals surface area contributed by atoms with E-state index in [0.29, 0.717) is 30.1 Å². The Labute approximate surface area is 131 Å². The van der Waals surface area contributed by atoms with Gasteiger partial charge in [0, 0.05) is 42.0 Å². The molecule has 0 spiro atoms. The maximum atomic E-state index is 12.2. The van der Waals surface area contributed by atoms with Crippen LogP contribution in [0.2, 0.25) is 0 Å². The van der Waals surface area contributed by atoms with Gasteiger partial charge in [-0.05, 0) is 26.0 Å².